The third-order valence-corrected chi connectivity index (χ3v) is 4.25. The van der Waals surface area contributed by atoms with Crippen LogP contribution in [0.2, 0.25) is 0 Å². The lowest BCUT2D eigenvalue weighted by Crippen LogP contribution is -2.32. The molecule has 0 unspecified atom stereocenters. The summed E-state index contributed by atoms with van der Waals surface area (Å²) >= 11 is 0. The minimum Gasteiger partial charge on any atom is -0.478 e. The minimum absolute atomic E-state index is 0.340. The zero-order valence-corrected chi connectivity index (χ0v) is 15.2. The van der Waals surface area contributed by atoms with Crippen molar-refractivity contribution in [3.63, 3.8) is 0 Å². The molecule has 134 valence electrons. The normalized spacial score (nSPS) is 11.2. The van der Waals surface area contributed by atoms with Crippen LogP contribution in [0.4, 0.5) is 0 Å². The highest BCUT2D eigenvalue weighted by Crippen LogP contribution is 2.10. The van der Waals surface area contributed by atoms with Gasteiger partial charge in [0.25, 0.3) is 0 Å². The number of hydrogen-bond acceptors (Lipinski definition) is 3. The van der Waals surface area contributed by atoms with Crippen molar-refractivity contribution in [3.8, 4) is 0 Å². The fraction of sp³-hybridized carbons (Fsp3) is 0.381. The third-order valence-electron chi connectivity index (χ3n) is 4.25. The monoisotopic (exact) mass is 340 g/mol. The summed E-state index contributed by atoms with van der Waals surface area (Å²) in [5.41, 5.74) is 2.87. The largest absolute Gasteiger partial charge is 0.478 e. The van der Waals surface area contributed by atoms with Gasteiger partial charge in [-0.1, -0.05) is 42.5 Å². The molecule has 1 N–H and O–H groups in total. The highest BCUT2D eigenvalue weighted by Gasteiger charge is 2.08. The standard InChI is InChI=1S/C21H28N2O2/c1-22(2)15-16-23(14-6-9-18-7-4-3-5-8-18)17-19-10-12-20(13-11-19)21(24)25/h3-5,7-8,10-13H,6,9,14-17H2,1-2H3,(H,24,25). The summed E-state index contributed by atoms with van der Waals surface area (Å²) in [7, 11) is 4.17. The molecule has 4 heteroatoms. The summed E-state index contributed by atoms with van der Waals surface area (Å²) in [5, 5.41) is 9.01. The van der Waals surface area contributed by atoms with Gasteiger partial charge in [0, 0.05) is 19.6 Å². The summed E-state index contributed by atoms with van der Waals surface area (Å²) in [4.78, 5) is 15.6. The van der Waals surface area contributed by atoms with Crippen LogP contribution in [-0.2, 0) is 13.0 Å². The van der Waals surface area contributed by atoms with Crippen LogP contribution < -0.4 is 0 Å². The Kier molecular flexibility index (Phi) is 7.64. The van der Waals surface area contributed by atoms with E-state index in [-0.39, 0.29) is 0 Å². The van der Waals surface area contributed by atoms with E-state index in [0.717, 1.165) is 44.6 Å². The van der Waals surface area contributed by atoms with Gasteiger partial charge in [-0.25, -0.2) is 4.79 Å². The van der Waals surface area contributed by atoms with Crippen LogP contribution in [0, 0.1) is 0 Å². The molecule has 0 saturated carbocycles. The highest BCUT2D eigenvalue weighted by atomic mass is 16.4. The number of carbonyl (C=O) groups is 1. The smallest absolute Gasteiger partial charge is 0.335 e. The summed E-state index contributed by atoms with van der Waals surface area (Å²) in [6.45, 7) is 3.90. The molecular formula is C21H28N2O2. The van der Waals surface area contributed by atoms with E-state index >= 15 is 0 Å². The Morgan fingerprint density at radius 3 is 2.16 bits per heavy atom. The van der Waals surface area contributed by atoms with Crippen molar-refractivity contribution in [1.29, 1.82) is 0 Å². The predicted octanol–water partition coefficient (Wildman–Crippen LogP) is 3.38. The van der Waals surface area contributed by atoms with E-state index in [2.05, 4.69) is 48.2 Å². The molecule has 0 aliphatic carbocycles. The maximum Gasteiger partial charge on any atom is 0.335 e. The maximum absolute atomic E-state index is 11.0. The van der Waals surface area contributed by atoms with E-state index in [9.17, 15) is 4.79 Å². The van der Waals surface area contributed by atoms with E-state index in [4.69, 9.17) is 5.11 Å². The van der Waals surface area contributed by atoms with Gasteiger partial charge in [0.15, 0.2) is 0 Å². The molecule has 0 amide bonds. The van der Waals surface area contributed by atoms with Crippen LogP contribution in [0.15, 0.2) is 54.6 Å². The molecule has 0 radical (unpaired) electrons. The molecular weight excluding hydrogens is 312 g/mol. The molecule has 0 aliphatic rings. The molecule has 0 aliphatic heterocycles. The average molecular weight is 340 g/mol. The number of likely N-dealkylation sites (N-methyl/N-ethyl adjacent to an activating group) is 1. The number of nitrogens with zero attached hydrogens (tertiary/aromatic N) is 2. The Morgan fingerprint density at radius 1 is 0.880 bits per heavy atom. The Labute approximate surface area is 150 Å². The second-order valence-electron chi connectivity index (χ2n) is 6.67. The maximum atomic E-state index is 11.0. The molecule has 0 aromatic heterocycles. The number of carboxylic acid groups (broad SMARTS) is 1. The van der Waals surface area contributed by atoms with Crippen molar-refractivity contribution in [3.05, 3.63) is 71.3 Å². The number of hydrogen-bond donors (Lipinski definition) is 1. The summed E-state index contributed by atoms with van der Waals surface area (Å²) < 4.78 is 0. The van der Waals surface area contributed by atoms with E-state index in [0.29, 0.717) is 5.56 Å². The summed E-state index contributed by atoms with van der Waals surface area (Å²) in [5.74, 6) is -0.876. The van der Waals surface area contributed by atoms with Gasteiger partial charge < -0.3 is 10.0 Å². The molecule has 2 aromatic carbocycles. The van der Waals surface area contributed by atoms with Gasteiger partial charge in [-0.15, -0.1) is 0 Å². The molecule has 0 atom stereocenters. The summed E-state index contributed by atoms with van der Waals surface area (Å²) in [6.07, 6.45) is 2.20. The van der Waals surface area contributed by atoms with Crippen LogP contribution in [0.1, 0.15) is 27.9 Å². The minimum atomic E-state index is -0.876. The van der Waals surface area contributed by atoms with Gasteiger partial charge in [0.2, 0.25) is 0 Å². The molecule has 4 nitrogen and oxygen atoms in total. The molecule has 25 heavy (non-hydrogen) atoms. The molecule has 0 spiro atoms. The fourth-order valence-corrected chi connectivity index (χ4v) is 2.77. The average Bonchev–Trinajstić information content (AvgIpc) is 2.61. The van der Waals surface area contributed by atoms with Crippen molar-refractivity contribution in [2.75, 3.05) is 33.7 Å². The van der Waals surface area contributed by atoms with Gasteiger partial charge in [-0.2, -0.15) is 0 Å². The van der Waals surface area contributed by atoms with Crippen LogP contribution >= 0.6 is 0 Å². The van der Waals surface area contributed by atoms with Crippen LogP contribution in [0.5, 0.6) is 0 Å². The molecule has 2 aromatic rings. The van der Waals surface area contributed by atoms with Crippen molar-refractivity contribution in [1.82, 2.24) is 9.80 Å². The first-order chi connectivity index (χ1) is 12.0. The second-order valence-corrected chi connectivity index (χ2v) is 6.67. The lowest BCUT2D eigenvalue weighted by atomic mass is 10.1. The van der Waals surface area contributed by atoms with Gasteiger partial charge in [-0.05, 0) is 56.7 Å². The van der Waals surface area contributed by atoms with Crippen molar-refractivity contribution >= 4 is 5.97 Å². The van der Waals surface area contributed by atoms with Gasteiger partial charge >= 0.3 is 5.97 Å². The van der Waals surface area contributed by atoms with Crippen LogP contribution in [0.3, 0.4) is 0 Å². The molecule has 0 fully saturated rings. The SMILES string of the molecule is CN(C)CCN(CCCc1ccccc1)Cc1ccc(C(=O)O)cc1. The first kappa shape index (κ1) is 19.2. The zero-order valence-electron chi connectivity index (χ0n) is 15.2. The Hall–Kier alpha value is -2.17. The Bertz CT molecular complexity index is 639. The number of carboxylic acids is 1. The first-order valence-corrected chi connectivity index (χ1v) is 8.78. The molecule has 0 bridgehead atoms. The predicted molar refractivity (Wildman–Crippen MR) is 102 cm³/mol. The van der Waals surface area contributed by atoms with E-state index in [1.165, 1.54) is 5.56 Å². The number of aryl methyl sites for hydroxylation is 1. The van der Waals surface area contributed by atoms with E-state index < -0.39 is 5.97 Å². The summed E-state index contributed by atoms with van der Waals surface area (Å²) in [6, 6.07) is 17.8. The lowest BCUT2D eigenvalue weighted by molar-refractivity contribution is 0.0697. The third kappa shape index (κ3) is 7.08. The van der Waals surface area contributed by atoms with Gasteiger partial charge in [0.1, 0.15) is 0 Å². The highest BCUT2D eigenvalue weighted by molar-refractivity contribution is 5.87. The van der Waals surface area contributed by atoms with Gasteiger partial charge in [0.05, 0.1) is 5.56 Å². The van der Waals surface area contributed by atoms with Crippen molar-refractivity contribution < 1.29 is 9.90 Å². The Morgan fingerprint density at radius 2 is 1.56 bits per heavy atom. The van der Waals surface area contributed by atoms with Gasteiger partial charge in [-0.3, -0.25) is 4.90 Å². The molecule has 0 saturated heterocycles. The molecule has 0 heterocycles. The Balaban J connectivity index is 1.91. The van der Waals surface area contributed by atoms with Crippen LogP contribution in [0.25, 0.3) is 0 Å². The van der Waals surface area contributed by atoms with Crippen molar-refractivity contribution in [2.24, 2.45) is 0 Å². The number of aromatic carboxylic acids is 1. The zero-order chi connectivity index (χ0) is 18.1. The molecule has 2 rings (SSSR count). The van der Waals surface area contributed by atoms with E-state index in [1.807, 2.05) is 18.2 Å². The number of rotatable bonds is 10. The second kappa shape index (κ2) is 9.97. The quantitative estimate of drug-likeness (QED) is 0.720. The topological polar surface area (TPSA) is 43.8 Å². The fourth-order valence-electron chi connectivity index (χ4n) is 2.77. The van der Waals surface area contributed by atoms with E-state index in [1.54, 1.807) is 12.1 Å². The lowest BCUT2D eigenvalue weighted by Gasteiger charge is -2.24. The first-order valence-electron chi connectivity index (χ1n) is 8.78. The van der Waals surface area contributed by atoms with Crippen LogP contribution in [-0.4, -0.2) is 54.6 Å². The van der Waals surface area contributed by atoms with Crippen molar-refractivity contribution in [2.45, 2.75) is 19.4 Å². The number of benzene rings is 2.